The molecule has 0 amide bonds. The molecule has 0 unspecified atom stereocenters. The molecule has 5 aromatic rings. The lowest BCUT2D eigenvalue weighted by atomic mass is 10.0. The minimum absolute atomic E-state index is 0.444. The van der Waals surface area contributed by atoms with Crippen LogP contribution in [0.1, 0.15) is 37.0 Å². The van der Waals surface area contributed by atoms with E-state index in [2.05, 4.69) is 32.2 Å². The highest BCUT2D eigenvalue weighted by Gasteiger charge is 2.26. The average Bonchev–Trinajstić information content (AvgIpc) is 3.77. The summed E-state index contributed by atoms with van der Waals surface area (Å²) in [6.45, 7) is 5.60. The molecule has 2 aliphatic heterocycles. The molecule has 0 radical (unpaired) electrons. The van der Waals surface area contributed by atoms with Crippen molar-refractivity contribution < 1.29 is 9.15 Å². The monoisotopic (exact) mass is 603 g/mol. The molecule has 44 heavy (non-hydrogen) atoms. The number of hydrogen-bond acceptors (Lipinski definition) is 7. The third-order valence-electron chi connectivity index (χ3n) is 8.70. The van der Waals surface area contributed by atoms with Crippen molar-refractivity contribution in [2.45, 2.75) is 38.3 Å². The van der Waals surface area contributed by atoms with Gasteiger partial charge < -0.3 is 19.4 Å². The third kappa shape index (κ3) is 6.15. The molecule has 0 saturated carbocycles. The van der Waals surface area contributed by atoms with E-state index in [4.69, 9.17) is 20.8 Å². The maximum absolute atomic E-state index is 9.86. The summed E-state index contributed by atoms with van der Waals surface area (Å²) < 4.78 is 12.2. The Balaban J connectivity index is 1.06. The van der Waals surface area contributed by atoms with E-state index in [-0.39, 0.29) is 0 Å². The highest BCUT2D eigenvalue weighted by atomic mass is 35.5. The van der Waals surface area contributed by atoms with Gasteiger partial charge in [-0.2, -0.15) is 5.26 Å². The summed E-state index contributed by atoms with van der Waals surface area (Å²) in [5.41, 5.74) is 3.57. The molecule has 0 bridgehead atoms. The Morgan fingerprint density at radius 1 is 0.955 bits per heavy atom. The number of furan rings is 1. The minimum atomic E-state index is 0.444. The molecule has 8 heteroatoms. The van der Waals surface area contributed by atoms with E-state index in [1.807, 2.05) is 66.7 Å². The van der Waals surface area contributed by atoms with Gasteiger partial charge in [0.05, 0.1) is 28.3 Å². The van der Waals surface area contributed by atoms with Gasteiger partial charge >= 0.3 is 0 Å². The highest BCUT2D eigenvalue weighted by molar-refractivity contribution is 6.32. The van der Waals surface area contributed by atoms with E-state index in [0.717, 1.165) is 59.4 Å². The van der Waals surface area contributed by atoms with Gasteiger partial charge in [0.1, 0.15) is 29.1 Å². The number of piperidine rings is 1. The van der Waals surface area contributed by atoms with E-state index in [9.17, 15) is 5.26 Å². The highest BCUT2D eigenvalue weighted by Crippen LogP contribution is 2.36. The molecule has 0 aliphatic carbocycles. The average molecular weight is 604 g/mol. The molecule has 2 fully saturated rings. The zero-order chi connectivity index (χ0) is 29.9. The van der Waals surface area contributed by atoms with Gasteiger partial charge in [-0.3, -0.25) is 9.88 Å². The standard InChI is InChI=1S/C36H34ClN5O2/c37-32-21-27(9-12-35(32)43-29-6-2-1-3-7-29)40-36-26(22-38)23-39-33-20-25(8-11-31(33)36)34-13-10-30(44-34)24-41-18-14-28(15-19-41)42-16-4-5-17-42/h1-3,6-13,20-21,23,28H,4-5,14-19,24H2,(H,39,40). The Bertz CT molecular complexity index is 1800. The van der Waals surface area contributed by atoms with Crippen molar-refractivity contribution in [3.63, 3.8) is 0 Å². The van der Waals surface area contributed by atoms with Crippen molar-refractivity contribution in [2.75, 3.05) is 31.5 Å². The van der Waals surface area contributed by atoms with Gasteiger partial charge in [0.15, 0.2) is 0 Å². The van der Waals surface area contributed by atoms with Crippen molar-refractivity contribution in [2.24, 2.45) is 0 Å². The van der Waals surface area contributed by atoms with Gasteiger partial charge in [-0.05, 0) is 93.4 Å². The summed E-state index contributed by atoms with van der Waals surface area (Å²) in [6.07, 6.45) is 6.78. The fourth-order valence-corrected chi connectivity index (χ4v) is 6.59. The number of ether oxygens (including phenoxy) is 1. The normalized spacial score (nSPS) is 16.3. The van der Waals surface area contributed by atoms with Gasteiger partial charge in [0.25, 0.3) is 0 Å². The topological polar surface area (TPSA) is 77.6 Å². The van der Waals surface area contributed by atoms with Crippen LogP contribution in [0.25, 0.3) is 22.2 Å². The molecule has 0 atom stereocenters. The second-order valence-electron chi connectivity index (χ2n) is 11.6. The number of halogens is 1. The number of likely N-dealkylation sites (tertiary alicyclic amines) is 2. The lowest BCUT2D eigenvalue weighted by Gasteiger charge is -2.36. The first-order valence-corrected chi connectivity index (χ1v) is 15.7. The van der Waals surface area contributed by atoms with Crippen LogP contribution in [0.3, 0.4) is 0 Å². The first kappa shape index (κ1) is 28.4. The van der Waals surface area contributed by atoms with Crippen molar-refractivity contribution >= 4 is 33.9 Å². The largest absolute Gasteiger partial charge is 0.460 e. The molecule has 1 N–H and O–H groups in total. The molecule has 3 aromatic carbocycles. The molecule has 2 aromatic heterocycles. The summed E-state index contributed by atoms with van der Waals surface area (Å²) in [7, 11) is 0. The number of pyridine rings is 1. The molecule has 2 aliphatic rings. The van der Waals surface area contributed by atoms with Crippen molar-refractivity contribution in [1.82, 2.24) is 14.8 Å². The Kier molecular flexibility index (Phi) is 8.21. The van der Waals surface area contributed by atoms with Crippen molar-refractivity contribution in [1.29, 1.82) is 5.26 Å². The number of aromatic nitrogens is 1. The van der Waals surface area contributed by atoms with Gasteiger partial charge in [0, 0.05) is 42.0 Å². The van der Waals surface area contributed by atoms with Crippen LogP contribution in [0, 0.1) is 11.3 Å². The second-order valence-corrected chi connectivity index (χ2v) is 12.0. The molecular weight excluding hydrogens is 570 g/mol. The van der Waals surface area contributed by atoms with E-state index in [1.165, 1.54) is 38.8 Å². The van der Waals surface area contributed by atoms with Crippen LogP contribution >= 0.6 is 11.6 Å². The molecule has 222 valence electrons. The summed E-state index contributed by atoms with van der Waals surface area (Å²) in [6, 6.07) is 28.1. The zero-order valence-corrected chi connectivity index (χ0v) is 25.3. The first-order chi connectivity index (χ1) is 21.6. The van der Waals surface area contributed by atoms with Crippen LogP contribution in [0.2, 0.25) is 5.02 Å². The third-order valence-corrected chi connectivity index (χ3v) is 9.00. The molecule has 4 heterocycles. The number of anilines is 2. The number of fused-ring (bicyclic) bond motifs is 1. The quantitative estimate of drug-likeness (QED) is 0.190. The van der Waals surface area contributed by atoms with E-state index in [1.54, 1.807) is 12.3 Å². The number of hydrogen-bond donors (Lipinski definition) is 1. The summed E-state index contributed by atoms with van der Waals surface area (Å²) in [5.74, 6) is 3.05. The smallest absolute Gasteiger partial charge is 0.146 e. The van der Waals surface area contributed by atoms with Gasteiger partial charge in [-0.15, -0.1) is 0 Å². The lowest BCUT2D eigenvalue weighted by molar-refractivity contribution is 0.118. The van der Waals surface area contributed by atoms with Gasteiger partial charge in [-0.25, -0.2) is 0 Å². The van der Waals surface area contributed by atoms with E-state index < -0.39 is 0 Å². The van der Waals surface area contributed by atoms with Crippen LogP contribution in [-0.4, -0.2) is 47.0 Å². The van der Waals surface area contributed by atoms with Gasteiger partial charge in [-0.1, -0.05) is 35.9 Å². The summed E-state index contributed by atoms with van der Waals surface area (Å²) in [4.78, 5) is 9.79. The number of rotatable bonds is 8. The van der Waals surface area contributed by atoms with Crippen molar-refractivity contribution in [3.05, 3.63) is 101 Å². The fourth-order valence-electron chi connectivity index (χ4n) is 6.38. The Morgan fingerprint density at radius 2 is 1.77 bits per heavy atom. The predicted molar refractivity (Wildman–Crippen MR) is 175 cm³/mol. The number of nitrogens with zero attached hydrogens (tertiary/aromatic N) is 4. The molecule has 7 rings (SSSR count). The number of nitriles is 1. The predicted octanol–water partition coefficient (Wildman–Crippen LogP) is 8.62. The second kappa shape index (κ2) is 12.7. The zero-order valence-electron chi connectivity index (χ0n) is 24.5. The van der Waals surface area contributed by atoms with Gasteiger partial charge in [0.2, 0.25) is 0 Å². The van der Waals surface area contributed by atoms with E-state index >= 15 is 0 Å². The Hall–Kier alpha value is -4.35. The lowest BCUT2D eigenvalue weighted by Crippen LogP contribution is -2.43. The SMILES string of the molecule is N#Cc1cnc2cc(-c3ccc(CN4CCC(N5CCCC5)CC4)o3)ccc2c1Nc1ccc(Oc2ccccc2)c(Cl)c1. The fraction of sp³-hybridized carbons (Fsp3) is 0.278. The van der Waals surface area contributed by atoms with Crippen LogP contribution in [-0.2, 0) is 6.54 Å². The molecule has 7 nitrogen and oxygen atoms in total. The van der Waals surface area contributed by atoms with Crippen LogP contribution < -0.4 is 10.1 Å². The van der Waals surface area contributed by atoms with Crippen LogP contribution in [0.5, 0.6) is 11.5 Å². The molecular formula is C36H34ClN5O2. The molecule has 2 saturated heterocycles. The maximum atomic E-state index is 9.86. The van der Waals surface area contributed by atoms with Crippen LogP contribution in [0.4, 0.5) is 11.4 Å². The number of benzene rings is 3. The van der Waals surface area contributed by atoms with Crippen LogP contribution in [0.15, 0.2) is 89.5 Å². The summed E-state index contributed by atoms with van der Waals surface area (Å²) in [5, 5.41) is 14.5. The van der Waals surface area contributed by atoms with Crippen molar-refractivity contribution in [3.8, 4) is 28.9 Å². The first-order valence-electron chi connectivity index (χ1n) is 15.3. The number of nitrogens with one attached hydrogen (secondary N) is 1. The maximum Gasteiger partial charge on any atom is 0.146 e. The Labute approximate surface area is 262 Å². The number of para-hydroxylation sites is 1. The summed E-state index contributed by atoms with van der Waals surface area (Å²) >= 11 is 6.56. The minimum Gasteiger partial charge on any atom is -0.460 e. The Morgan fingerprint density at radius 3 is 2.55 bits per heavy atom. The van der Waals surface area contributed by atoms with E-state index in [0.29, 0.717) is 27.8 Å². The molecule has 0 spiro atoms.